The van der Waals surface area contributed by atoms with Crippen molar-refractivity contribution < 1.29 is 22.3 Å². The molecule has 1 aromatic rings. The lowest BCUT2D eigenvalue weighted by molar-refractivity contribution is -0.121. The van der Waals surface area contributed by atoms with E-state index in [2.05, 4.69) is 5.32 Å². The van der Waals surface area contributed by atoms with Crippen molar-refractivity contribution in [1.29, 1.82) is 0 Å². The first-order valence-electron chi connectivity index (χ1n) is 7.28. The van der Waals surface area contributed by atoms with Gasteiger partial charge in [0.05, 0.1) is 12.9 Å². The number of methoxy groups -OCH3 is 1. The number of nitrogens with one attached hydrogen (secondary N) is 1. The lowest BCUT2D eigenvalue weighted by Crippen LogP contribution is -2.36. The Morgan fingerprint density at radius 1 is 1.30 bits per heavy atom. The molecular formula is C15H23FN2O4S. The molecule has 0 radical (unpaired) electrons. The minimum absolute atomic E-state index is 0.0497. The molecule has 1 amide bonds. The van der Waals surface area contributed by atoms with Gasteiger partial charge in [-0.05, 0) is 18.1 Å². The van der Waals surface area contributed by atoms with Crippen LogP contribution in [0.2, 0.25) is 0 Å². The Balaban J connectivity index is 2.54. The molecule has 0 heterocycles. The Hall–Kier alpha value is -1.51. The molecule has 0 spiro atoms. The van der Waals surface area contributed by atoms with Crippen molar-refractivity contribution in [3.8, 4) is 0 Å². The van der Waals surface area contributed by atoms with Gasteiger partial charge in [-0.3, -0.25) is 4.79 Å². The summed E-state index contributed by atoms with van der Waals surface area (Å²) in [7, 11) is -1.93. The van der Waals surface area contributed by atoms with Crippen LogP contribution in [0.5, 0.6) is 0 Å². The molecule has 0 saturated heterocycles. The van der Waals surface area contributed by atoms with Gasteiger partial charge in [0.15, 0.2) is 0 Å². The lowest BCUT2D eigenvalue weighted by Gasteiger charge is -2.19. The summed E-state index contributed by atoms with van der Waals surface area (Å²) in [6.07, 6.45) is 1.39. The van der Waals surface area contributed by atoms with E-state index in [9.17, 15) is 17.6 Å². The molecule has 1 rings (SSSR count). The molecule has 6 nitrogen and oxygen atoms in total. The maximum absolute atomic E-state index is 13.6. The molecule has 0 saturated carbocycles. The second kappa shape index (κ2) is 9.59. The van der Waals surface area contributed by atoms with Crippen LogP contribution in [-0.4, -0.2) is 58.2 Å². The van der Waals surface area contributed by atoms with Gasteiger partial charge in [-0.25, -0.2) is 17.1 Å². The van der Waals surface area contributed by atoms with E-state index in [0.29, 0.717) is 18.7 Å². The zero-order valence-corrected chi connectivity index (χ0v) is 14.2. The van der Waals surface area contributed by atoms with Gasteiger partial charge in [0.1, 0.15) is 5.82 Å². The fraction of sp³-hybridized carbons (Fsp3) is 0.533. The lowest BCUT2D eigenvalue weighted by atomic mass is 10.1. The summed E-state index contributed by atoms with van der Waals surface area (Å²) < 4.78 is 43.2. The number of ether oxygens (including phenoxy) is 1. The second-order valence-electron chi connectivity index (χ2n) is 5.10. The van der Waals surface area contributed by atoms with Crippen LogP contribution >= 0.6 is 0 Å². The van der Waals surface area contributed by atoms with Crippen molar-refractivity contribution in [2.24, 2.45) is 0 Å². The molecule has 130 valence electrons. The zero-order valence-electron chi connectivity index (χ0n) is 13.4. The van der Waals surface area contributed by atoms with Crippen molar-refractivity contribution in [1.82, 2.24) is 9.62 Å². The Labute approximate surface area is 136 Å². The number of amides is 1. The fourth-order valence-electron chi connectivity index (χ4n) is 2.00. The van der Waals surface area contributed by atoms with E-state index in [4.69, 9.17) is 4.74 Å². The number of nitrogens with zero attached hydrogens (tertiary/aromatic N) is 1. The Kier molecular flexibility index (Phi) is 8.15. The van der Waals surface area contributed by atoms with E-state index < -0.39 is 10.0 Å². The van der Waals surface area contributed by atoms with E-state index in [1.807, 2.05) is 0 Å². The number of rotatable bonds is 10. The number of carbonyl (C=O) groups excluding carboxylic acids is 1. The zero-order chi connectivity index (χ0) is 17.3. The van der Waals surface area contributed by atoms with Gasteiger partial charge >= 0.3 is 0 Å². The van der Waals surface area contributed by atoms with Crippen molar-refractivity contribution in [2.45, 2.75) is 12.8 Å². The topological polar surface area (TPSA) is 75.7 Å². The van der Waals surface area contributed by atoms with Gasteiger partial charge in [0.2, 0.25) is 15.9 Å². The normalized spacial score (nSPS) is 11.7. The summed E-state index contributed by atoms with van der Waals surface area (Å²) in [6, 6.07) is 6.24. The maximum atomic E-state index is 13.6. The number of sulfonamides is 1. The van der Waals surface area contributed by atoms with Crippen LogP contribution in [0, 0.1) is 5.82 Å². The highest BCUT2D eigenvalue weighted by molar-refractivity contribution is 7.88. The third-order valence-electron chi connectivity index (χ3n) is 3.27. The molecule has 0 unspecified atom stereocenters. The molecule has 23 heavy (non-hydrogen) atoms. The van der Waals surface area contributed by atoms with Crippen LogP contribution in [0.15, 0.2) is 24.3 Å². The first-order chi connectivity index (χ1) is 10.8. The first kappa shape index (κ1) is 19.5. The molecule has 1 N–H and O–H groups in total. The largest absolute Gasteiger partial charge is 0.383 e. The molecule has 0 aliphatic carbocycles. The molecule has 0 aliphatic rings. The third-order valence-corrected chi connectivity index (χ3v) is 4.58. The van der Waals surface area contributed by atoms with Crippen molar-refractivity contribution in [2.75, 3.05) is 39.6 Å². The summed E-state index contributed by atoms with van der Waals surface area (Å²) >= 11 is 0. The predicted molar refractivity (Wildman–Crippen MR) is 86.0 cm³/mol. The summed E-state index contributed by atoms with van der Waals surface area (Å²) in [5, 5.41) is 2.63. The van der Waals surface area contributed by atoms with Gasteiger partial charge in [-0.1, -0.05) is 18.2 Å². The van der Waals surface area contributed by atoms with Crippen LogP contribution in [0.1, 0.15) is 12.0 Å². The Morgan fingerprint density at radius 2 is 2.00 bits per heavy atom. The summed E-state index contributed by atoms with van der Waals surface area (Å²) in [5.41, 5.74) is 0.450. The van der Waals surface area contributed by atoms with Crippen LogP contribution < -0.4 is 5.32 Å². The van der Waals surface area contributed by atoms with Gasteiger partial charge in [-0.15, -0.1) is 0 Å². The minimum Gasteiger partial charge on any atom is -0.383 e. The van der Waals surface area contributed by atoms with E-state index in [0.717, 1.165) is 6.26 Å². The maximum Gasteiger partial charge on any atom is 0.221 e. The second-order valence-corrected chi connectivity index (χ2v) is 7.08. The van der Waals surface area contributed by atoms with Crippen molar-refractivity contribution >= 4 is 15.9 Å². The Morgan fingerprint density at radius 3 is 2.61 bits per heavy atom. The van der Waals surface area contributed by atoms with E-state index in [1.54, 1.807) is 18.2 Å². The molecule has 0 fully saturated rings. The average molecular weight is 346 g/mol. The SMILES string of the molecule is COCCNC(=O)CCN(CCc1ccccc1F)S(C)(=O)=O. The number of benzene rings is 1. The quantitative estimate of drug-likeness (QED) is 0.636. The summed E-state index contributed by atoms with van der Waals surface area (Å²) in [5.74, 6) is -0.611. The third kappa shape index (κ3) is 7.54. The number of hydrogen-bond donors (Lipinski definition) is 1. The van der Waals surface area contributed by atoms with E-state index in [1.165, 1.54) is 17.5 Å². The van der Waals surface area contributed by atoms with Crippen molar-refractivity contribution in [3.63, 3.8) is 0 Å². The average Bonchev–Trinajstić information content (AvgIpc) is 2.47. The van der Waals surface area contributed by atoms with E-state index in [-0.39, 0.29) is 37.7 Å². The van der Waals surface area contributed by atoms with Gasteiger partial charge in [-0.2, -0.15) is 0 Å². The van der Waals surface area contributed by atoms with Gasteiger partial charge < -0.3 is 10.1 Å². The van der Waals surface area contributed by atoms with Crippen LogP contribution in [-0.2, 0) is 26.0 Å². The van der Waals surface area contributed by atoms with Gasteiger partial charge in [0, 0.05) is 33.2 Å². The van der Waals surface area contributed by atoms with Crippen LogP contribution in [0.4, 0.5) is 4.39 Å². The molecule has 0 bridgehead atoms. The van der Waals surface area contributed by atoms with Gasteiger partial charge in [0.25, 0.3) is 0 Å². The van der Waals surface area contributed by atoms with Crippen molar-refractivity contribution in [3.05, 3.63) is 35.6 Å². The Bertz CT molecular complexity index is 607. The van der Waals surface area contributed by atoms with Crippen LogP contribution in [0.3, 0.4) is 0 Å². The molecule has 8 heteroatoms. The summed E-state index contributed by atoms with van der Waals surface area (Å²) in [4.78, 5) is 11.6. The molecule has 0 aromatic heterocycles. The summed E-state index contributed by atoms with van der Waals surface area (Å²) in [6.45, 7) is 0.968. The smallest absolute Gasteiger partial charge is 0.221 e. The minimum atomic E-state index is -3.46. The molecular weight excluding hydrogens is 323 g/mol. The molecule has 0 aliphatic heterocycles. The highest BCUT2D eigenvalue weighted by Crippen LogP contribution is 2.09. The van der Waals surface area contributed by atoms with Crippen LogP contribution in [0.25, 0.3) is 0 Å². The highest BCUT2D eigenvalue weighted by atomic mass is 32.2. The number of carbonyl (C=O) groups is 1. The van der Waals surface area contributed by atoms with E-state index >= 15 is 0 Å². The first-order valence-corrected chi connectivity index (χ1v) is 9.13. The predicted octanol–water partition coefficient (Wildman–Crippen LogP) is 0.783. The standard InChI is InChI=1S/C15H23FN2O4S/c1-22-12-9-17-15(19)8-11-18(23(2,20)21)10-7-13-5-3-4-6-14(13)16/h3-6H,7-12H2,1-2H3,(H,17,19). The molecule has 1 aromatic carbocycles. The highest BCUT2D eigenvalue weighted by Gasteiger charge is 2.18. The number of halogens is 1. The fourth-order valence-corrected chi connectivity index (χ4v) is 2.84. The molecule has 0 atom stereocenters. The number of hydrogen-bond acceptors (Lipinski definition) is 4. The monoisotopic (exact) mass is 346 g/mol.